The Labute approximate surface area is 401 Å². The zero-order chi connectivity index (χ0) is 47.8. The van der Waals surface area contributed by atoms with E-state index in [1.807, 2.05) is 27.2 Å². The smallest absolute Gasteiger partial charge is 0.387 e. The van der Waals surface area contributed by atoms with E-state index < -0.39 is 20.0 Å². The fraction of sp³-hybridized carbons (Fsp3) is 0.732. The Morgan fingerprint density at radius 1 is 0.538 bits per heavy atom. The highest BCUT2D eigenvalue weighted by Gasteiger charge is 2.27. The van der Waals surface area contributed by atoms with E-state index in [0.29, 0.717) is 17.4 Å². The summed E-state index contributed by atoms with van der Waals surface area (Å²) in [5.41, 5.74) is 0. The summed E-state index contributed by atoms with van der Waals surface area (Å²) in [6.07, 6.45) is 65.3. The third kappa shape index (κ3) is 49.4. The minimum atomic E-state index is -4.35. The molecule has 0 aromatic heterocycles. The molecule has 0 aliphatic rings. The summed E-state index contributed by atoms with van der Waals surface area (Å²) in [7, 11) is 1.55. The number of likely N-dealkylation sites (N-methyl/N-ethyl adjacent to an activating group) is 1. The molecule has 0 saturated carbocycles. The monoisotopic (exact) mass is 930 g/mol. The molecular weight excluding hydrogens is 828 g/mol. The third-order valence-electron chi connectivity index (χ3n) is 11.3. The van der Waals surface area contributed by atoms with E-state index in [-0.39, 0.29) is 19.1 Å². The van der Waals surface area contributed by atoms with Crippen LogP contribution < -0.4 is 5.32 Å². The van der Waals surface area contributed by atoms with Gasteiger partial charge in [0.1, 0.15) is 13.2 Å². The van der Waals surface area contributed by atoms with Gasteiger partial charge in [-0.2, -0.15) is 0 Å². The topological polar surface area (TPSA) is 105 Å². The van der Waals surface area contributed by atoms with Crippen LogP contribution in [0.4, 0.5) is 0 Å². The number of aliphatic hydroxyl groups excluding tert-OH is 1. The average Bonchev–Trinajstić information content (AvgIpc) is 3.26. The van der Waals surface area contributed by atoms with E-state index in [1.54, 1.807) is 6.08 Å². The quantitative estimate of drug-likeness (QED) is 0.0243. The van der Waals surface area contributed by atoms with Crippen LogP contribution in [0.15, 0.2) is 85.1 Å². The molecule has 0 aliphatic heterocycles. The molecule has 8 nitrogen and oxygen atoms in total. The minimum Gasteiger partial charge on any atom is -0.387 e. The summed E-state index contributed by atoms with van der Waals surface area (Å²) in [6.45, 7) is 4.67. The van der Waals surface area contributed by atoms with Gasteiger partial charge in [0.05, 0.1) is 39.9 Å². The third-order valence-corrected chi connectivity index (χ3v) is 12.3. The molecule has 0 aromatic rings. The fourth-order valence-corrected chi connectivity index (χ4v) is 7.94. The van der Waals surface area contributed by atoms with Gasteiger partial charge in [-0.3, -0.25) is 13.8 Å². The number of rotatable bonds is 47. The van der Waals surface area contributed by atoms with Crippen LogP contribution in [0.1, 0.15) is 213 Å². The highest BCUT2D eigenvalue weighted by Crippen LogP contribution is 2.43. The van der Waals surface area contributed by atoms with Crippen molar-refractivity contribution in [1.29, 1.82) is 0 Å². The Hall–Kier alpha value is -2.32. The molecule has 3 unspecified atom stereocenters. The maximum atomic E-state index is 12.9. The van der Waals surface area contributed by atoms with Crippen LogP contribution in [0.3, 0.4) is 0 Å². The minimum absolute atomic E-state index is 0.0528. The number of unbranched alkanes of at least 4 members (excludes halogenated alkanes) is 22. The first-order valence-electron chi connectivity index (χ1n) is 26.5. The van der Waals surface area contributed by atoms with Crippen molar-refractivity contribution >= 4 is 13.7 Å². The number of phosphoric acid groups is 1. The van der Waals surface area contributed by atoms with Gasteiger partial charge in [-0.05, 0) is 77.0 Å². The molecule has 1 amide bonds. The Bertz CT molecular complexity index is 1330. The molecular formula is C56H102N2O6P+. The van der Waals surface area contributed by atoms with Crippen LogP contribution in [-0.4, -0.2) is 73.4 Å². The Morgan fingerprint density at radius 2 is 0.938 bits per heavy atom. The molecule has 9 heteroatoms. The number of allylic oxidation sites excluding steroid dienone is 13. The second kappa shape index (κ2) is 46.8. The van der Waals surface area contributed by atoms with Crippen LogP contribution in [-0.2, 0) is 18.4 Å². The van der Waals surface area contributed by atoms with Gasteiger partial charge in [0.25, 0.3) is 0 Å². The fourth-order valence-electron chi connectivity index (χ4n) is 7.20. The summed E-state index contributed by atoms with van der Waals surface area (Å²) < 4.78 is 23.6. The maximum absolute atomic E-state index is 12.9. The number of hydrogen-bond donors (Lipinski definition) is 3. The standard InChI is InChI=1S/C56H101N2O6P/c1-6-8-10-12-14-16-18-20-22-23-24-25-26-27-28-29-30-31-32-33-34-35-36-38-40-42-44-46-48-50-56(60)57-54(53-64-65(61,62)63-52-51-58(3,4)5)55(59)49-47-45-43-41-39-37-21-19-17-15-13-11-9-7-2/h8,10,14,16,20,22,24-25,27-28,39,41,47,49,54-55,59H,6-7,9,11-13,15,17-19,21,23,26,29-38,40,42-46,48,50-53H2,1-5H3,(H-,57,60,61,62)/p+1/b10-8-,16-14-,22-20-,25-24-,28-27-,41-39+,49-47+. The largest absolute Gasteiger partial charge is 0.472 e. The lowest BCUT2D eigenvalue weighted by molar-refractivity contribution is -0.870. The van der Waals surface area contributed by atoms with Crippen molar-refractivity contribution in [3.05, 3.63) is 85.1 Å². The summed E-state index contributed by atoms with van der Waals surface area (Å²) >= 11 is 0. The second-order valence-corrected chi connectivity index (χ2v) is 20.3. The van der Waals surface area contributed by atoms with Gasteiger partial charge in [0.15, 0.2) is 0 Å². The van der Waals surface area contributed by atoms with Gasteiger partial charge < -0.3 is 19.8 Å². The molecule has 0 heterocycles. The van der Waals surface area contributed by atoms with Gasteiger partial charge in [-0.15, -0.1) is 0 Å². The Balaban J connectivity index is 4.21. The normalized spacial score (nSPS) is 14.8. The first-order valence-corrected chi connectivity index (χ1v) is 28.0. The molecule has 0 saturated heterocycles. The van der Waals surface area contributed by atoms with Crippen molar-refractivity contribution in [1.82, 2.24) is 5.32 Å². The van der Waals surface area contributed by atoms with E-state index in [4.69, 9.17) is 9.05 Å². The van der Waals surface area contributed by atoms with Gasteiger partial charge in [-0.25, -0.2) is 4.57 Å². The Kier molecular flexibility index (Phi) is 45.1. The molecule has 65 heavy (non-hydrogen) atoms. The van der Waals surface area contributed by atoms with E-state index in [0.717, 1.165) is 70.6 Å². The van der Waals surface area contributed by atoms with Gasteiger partial charge >= 0.3 is 7.82 Å². The summed E-state index contributed by atoms with van der Waals surface area (Å²) in [6, 6.07) is -0.867. The molecule has 0 bridgehead atoms. The molecule has 0 aromatic carbocycles. The van der Waals surface area contributed by atoms with E-state index >= 15 is 0 Å². The molecule has 0 spiro atoms. The summed E-state index contributed by atoms with van der Waals surface area (Å²) in [5.74, 6) is -0.192. The Morgan fingerprint density at radius 3 is 1.42 bits per heavy atom. The van der Waals surface area contributed by atoms with Crippen LogP contribution in [0.5, 0.6) is 0 Å². The molecule has 0 aliphatic carbocycles. The number of amides is 1. The number of nitrogens with zero attached hydrogens (tertiary/aromatic N) is 1. The van der Waals surface area contributed by atoms with Gasteiger partial charge in [0.2, 0.25) is 5.91 Å². The number of quaternary nitrogens is 1. The molecule has 0 rings (SSSR count). The SMILES string of the molecule is CC/C=C\C/C=C\C/C=C\C/C=C\C/C=C\CCCCCCCCCCCCCCCC(=O)NC(COP(=O)(O)OCC[N+](C)(C)C)C(O)/C=C/CC/C=C/CCCCCCCCCC. The lowest BCUT2D eigenvalue weighted by Gasteiger charge is -2.25. The highest BCUT2D eigenvalue weighted by molar-refractivity contribution is 7.47. The maximum Gasteiger partial charge on any atom is 0.472 e. The lowest BCUT2D eigenvalue weighted by atomic mass is 10.0. The van der Waals surface area contributed by atoms with Crippen molar-refractivity contribution in [3.63, 3.8) is 0 Å². The number of carbonyl (C=O) groups is 1. The van der Waals surface area contributed by atoms with Crippen molar-refractivity contribution in [2.24, 2.45) is 0 Å². The average molecular weight is 930 g/mol. The van der Waals surface area contributed by atoms with Crippen LogP contribution in [0, 0.1) is 0 Å². The zero-order valence-electron chi connectivity index (χ0n) is 42.7. The van der Waals surface area contributed by atoms with Crippen molar-refractivity contribution in [2.75, 3.05) is 40.9 Å². The van der Waals surface area contributed by atoms with E-state index in [9.17, 15) is 19.4 Å². The lowest BCUT2D eigenvalue weighted by Crippen LogP contribution is -2.45. The van der Waals surface area contributed by atoms with Crippen molar-refractivity contribution in [3.8, 4) is 0 Å². The first-order chi connectivity index (χ1) is 31.5. The van der Waals surface area contributed by atoms with Crippen LogP contribution >= 0.6 is 7.82 Å². The first kappa shape index (κ1) is 62.7. The highest BCUT2D eigenvalue weighted by atomic mass is 31.2. The predicted molar refractivity (Wildman–Crippen MR) is 281 cm³/mol. The second-order valence-electron chi connectivity index (χ2n) is 18.9. The van der Waals surface area contributed by atoms with Gasteiger partial charge in [0, 0.05) is 6.42 Å². The summed E-state index contributed by atoms with van der Waals surface area (Å²) in [4.78, 5) is 23.2. The van der Waals surface area contributed by atoms with E-state index in [2.05, 4.69) is 92.1 Å². The zero-order valence-corrected chi connectivity index (χ0v) is 43.6. The molecule has 3 atom stereocenters. The number of phosphoric ester groups is 1. The number of aliphatic hydroxyl groups is 1. The molecule has 376 valence electrons. The van der Waals surface area contributed by atoms with E-state index in [1.165, 1.54) is 122 Å². The molecule has 0 fully saturated rings. The molecule has 3 N–H and O–H groups in total. The van der Waals surface area contributed by atoms with Crippen molar-refractivity contribution in [2.45, 2.75) is 225 Å². The molecule has 0 radical (unpaired) electrons. The van der Waals surface area contributed by atoms with Crippen molar-refractivity contribution < 1.29 is 32.9 Å². The van der Waals surface area contributed by atoms with Crippen LogP contribution in [0.25, 0.3) is 0 Å². The van der Waals surface area contributed by atoms with Crippen LogP contribution in [0.2, 0.25) is 0 Å². The number of carbonyl (C=O) groups excluding carboxylic acids is 1. The number of hydrogen-bond acceptors (Lipinski definition) is 5. The predicted octanol–water partition coefficient (Wildman–Crippen LogP) is 15.7. The number of nitrogens with one attached hydrogen (secondary N) is 1. The van der Waals surface area contributed by atoms with Gasteiger partial charge in [-0.1, -0.05) is 214 Å². The summed E-state index contributed by atoms with van der Waals surface area (Å²) in [5, 5.41) is 13.9.